The summed E-state index contributed by atoms with van der Waals surface area (Å²) < 4.78 is 38.9. The van der Waals surface area contributed by atoms with E-state index < -0.39 is 17.8 Å². The van der Waals surface area contributed by atoms with Gasteiger partial charge < -0.3 is 5.11 Å². The Morgan fingerprint density at radius 3 is 2.63 bits per heavy atom. The number of rotatable bonds is 2. The van der Waals surface area contributed by atoms with Crippen molar-refractivity contribution in [1.82, 2.24) is 14.8 Å². The molecule has 2 rings (SSSR count). The second kappa shape index (κ2) is 4.38. The summed E-state index contributed by atoms with van der Waals surface area (Å²) in [6.07, 6.45) is -3.27. The van der Waals surface area contributed by atoms with E-state index in [0.29, 0.717) is 0 Å². The Labute approximate surface area is 105 Å². The van der Waals surface area contributed by atoms with E-state index in [1.165, 1.54) is 30.1 Å². The summed E-state index contributed by atoms with van der Waals surface area (Å²) in [5.41, 5.74) is -1.46. The normalized spacial score (nSPS) is 11.6. The molecule has 1 N–H and O–H groups in total. The molecule has 5 nitrogen and oxygen atoms in total. The molecule has 0 aliphatic carbocycles. The van der Waals surface area contributed by atoms with Gasteiger partial charge in [-0.1, -0.05) is 6.07 Å². The second-order valence-corrected chi connectivity index (χ2v) is 3.78. The van der Waals surface area contributed by atoms with Crippen molar-refractivity contribution in [3.63, 3.8) is 0 Å². The molecule has 2 heterocycles. The predicted octanol–water partition coefficient (Wildman–Crippen LogP) is 2.20. The first-order valence-electron chi connectivity index (χ1n) is 5.10. The van der Waals surface area contributed by atoms with Crippen LogP contribution in [0.15, 0.2) is 24.4 Å². The van der Waals surface area contributed by atoms with Gasteiger partial charge in [-0.15, -0.1) is 0 Å². The number of carbonyl (C=O) groups is 1. The summed E-state index contributed by atoms with van der Waals surface area (Å²) in [5, 5.41) is 12.6. The van der Waals surface area contributed by atoms with Crippen molar-refractivity contribution in [3.05, 3.63) is 35.8 Å². The summed E-state index contributed by atoms with van der Waals surface area (Å²) >= 11 is 0. The molecular formula is C11H8F3N3O2. The molecule has 19 heavy (non-hydrogen) atoms. The van der Waals surface area contributed by atoms with Crippen molar-refractivity contribution in [3.8, 4) is 11.3 Å². The van der Waals surface area contributed by atoms with Crippen LogP contribution in [-0.2, 0) is 13.2 Å². The Bertz CT molecular complexity index is 634. The van der Waals surface area contributed by atoms with Crippen LogP contribution in [0.4, 0.5) is 13.2 Å². The molecule has 0 amide bonds. The minimum atomic E-state index is -4.58. The summed E-state index contributed by atoms with van der Waals surface area (Å²) in [6.45, 7) is 0. The second-order valence-electron chi connectivity index (χ2n) is 3.78. The van der Waals surface area contributed by atoms with Crippen LogP contribution in [0.2, 0.25) is 0 Å². The van der Waals surface area contributed by atoms with Crippen molar-refractivity contribution in [2.75, 3.05) is 0 Å². The molecule has 0 radical (unpaired) electrons. The molecule has 2 aromatic rings. The lowest BCUT2D eigenvalue weighted by Crippen LogP contribution is -2.08. The van der Waals surface area contributed by atoms with E-state index in [0.717, 1.165) is 6.07 Å². The summed E-state index contributed by atoms with van der Waals surface area (Å²) in [6, 6.07) is 3.29. The molecular weight excluding hydrogens is 263 g/mol. The van der Waals surface area contributed by atoms with Crippen LogP contribution in [0, 0.1) is 0 Å². The average molecular weight is 271 g/mol. The number of alkyl halides is 3. The third-order valence-electron chi connectivity index (χ3n) is 2.35. The minimum Gasteiger partial charge on any atom is -0.476 e. The molecule has 0 aliphatic rings. The number of carboxylic acid groups (broad SMARTS) is 1. The van der Waals surface area contributed by atoms with Gasteiger partial charge in [-0.2, -0.15) is 18.3 Å². The highest BCUT2D eigenvalue weighted by molar-refractivity contribution is 5.93. The van der Waals surface area contributed by atoms with Gasteiger partial charge in [-0.25, -0.2) is 9.78 Å². The number of hydrogen-bond donors (Lipinski definition) is 1. The van der Waals surface area contributed by atoms with Gasteiger partial charge in [0.2, 0.25) is 0 Å². The van der Waals surface area contributed by atoms with Gasteiger partial charge >= 0.3 is 12.1 Å². The highest BCUT2D eigenvalue weighted by Crippen LogP contribution is 2.30. The summed E-state index contributed by atoms with van der Waals surface area (Å²) in [4.78, 5) is 14.4. The van der Waals surface area contributed by atoms with E-state index in [4.69, 9.17) is 5.11 Å². The maximum Gasteiger partial charge on any atom is 0.433 e. The summed E-state index contributed by atoms with van der Waals surface area (Å²) in [7, 11) is 1.48. The van der Waals surface area contributed by atoms with Crippen LogP contribution in [-0.4, -0.2) is 25.8 Å². The van der Waals surface area contributed by atoms with E-state index in [1.54, 1.807) is 0 Å². The zero-order chi connectivity index (χ0) is 14.2. The van der Waals surface area contributed by atoms with Crippen LogP contribution in [0.5, 0.6) is 0 Å². The minimum absolute atomic E-state index is 0.0427. The van der Waals surface area contributed by atoms with Crippen LogP contribution >= 0.6 is 0 Å². The van der Waals surface area contributed by atoms with Gasteiger partial charge in [0.25, 0.3) is 0 Å². The average Bonchev–Trinajstić information content (AvgIpc) is 2.71. The van der Waals surface area contributed by atoms with Crippen molar-refractivity contribution < 1.29 is 23.1 Å². The largest absolute Gasteiger partial charge is 0.476 e. The summed E-state index contributed by atoms with van der Waals surface area (Å²) in [5.74, 6) is -1.32. The lowest BCUT2D eigenvalue weighted by Gasteiger charge is -2.06. The maximum absolute atomic E-state index is 12.5. The lowest BCUT2D eigenvalue weighted by molar-refractivity contribution is -0.141. The number of aryl methyl sites for hydroxylation is 1. The standard InChI is InChI=1S/C11H8F3N3O2/c1-17-5-6(9(16-17)10(18)19)7-3-2-4-8(15-7)11(12,13)14/h2-5H,1H3,(H,18,19). The van der Waals surface area contributed by atoms with Crippen molar-refractivity contribution in [2.45, 2.75) is 6.18 Å². The van der Waals surface area contributed by atoms with Gasteiger partial charge in [-0.05, 0) is 12.1 Å². The van der Waals surface area contributed by atoms with E-state index in [9.17, 15) is 18.0 Å². The van der Waals surface area contributed by atoms with Gasteiger partial charge in [0, 0.05) is 13.2 Å². The molecule has 0 aromatic carbocycles. The van der Waals surface area contributed by atoms with Crippen molar-refractivity contribution in [1.29, 1.82) is 0 Å². The molecule has 8 heteroatoms. The Morgan fingerprint density at radius 2 is 2.05 bits per heavy atom. The highest BCUT2D eigenvalue weighted by atomic mass is 19.4. The Kier molecular flexibility index (Phi) is 3.01. The highest BCUT2D eigenvalue weighted by Gasteiger charge is 2.33. The first kappa shape index (κ1) is 13.1. The molecule has 0 saturated heterocycles. The van der Waals surface area contributed by atoms with Crippen LogP contribution in [0.1, 0.15) is 16.2 Å². The van der Waals surface area contributed by atoms with Crippen LogP contribution in [0.25, 0.3) is 11.3 Å². The zero-order valence-electron chi connectivity index (χ0n) is 9.64. The predicted molar refractivity (Wildman–Crippen MR) is 58.4 cm³/mol. The quantitative estimate of drug-likeness (QED) is 0.909. The van der Waals surface area contributed by atoms with Crippen LogP contribution < -0.4 is 0 Å². The molecule has 2 aromatic heterocycles. The van der Waals surface area contributed by atoms with Gasteiger partial charge in [0.1, 0.15) is 5.69 Å². The SMILES string of the molecule is Cn1cc(-c2cccc(C(F)(F)F)n2)c(C(=O)O)n1. The van der Waals surface area contributed by atoms with Crippen molar-refractivity contribution in [2.24, 2.45) is 7.05 Å². The fourth-order valence-electron chi connectivity index (χ4n) is 1.58. The number of nitrogens with zero attached hydrogens (tertiary/aromatic N) is 3. The molecule has 0 atom stereocenters. The van der Waals surface area contributed by atoms with Crippen LogP contribution in [0.3, 0.4) is 0 Å². The van der Waals surface area contributed by atoms with E-state index >= 15 is 0 Å². The van der Waals surface area contributed by atoms with E-state index in [-0.39, 0.29) is 17.0 Å². The Hall–Kier alpha value is -2.38. The van der Waals surface area contributed by atoms with Gasteiger partial charge in [0.05, 0.1) is 11.3 Å². The third kappa shape index (κ3) is 2.56. The number of halogens is 3. The lowest BCUT2D eigenvalue weighted by atomic mass is 10.1. The Balaban J connectivity index is 2.57. The van der Waals surface area contributed by atoms with Gasteiger partial charge in [0.15, 0.2) is 5.69 Å². The number of aromatic carboxylic acids is 1. The first-order chi connectivity index (χ1) is 8.79. The fourth-order valence-corrected chi connectivity index (χ4v) is 1.58. The number of aromatic nitrogens is 3. The molecule has 0 saturated carbocycles. The third-order valence-corrected chi connectivity index (χ3v) is 2.35. The van der Waals surface area contributed by atoms with E-state index in [2.05, 4.69) is 10.1 Å². The Morgan fingerprint density at radius 1 is 1.37 bits per heavy atom. The van der Waals surface area contributed by atoms with Gasteiger partial charge in [-0.3, -0.25) is 4.68 Å². The monoisotopic (exact) mass is 271 g/mol. The molecule has 0 aliphatic heterocycles. The topological polar surface area (TPSA) is 68.0 Å². The number of carboxylic acids is 1. The smallest absolute Gasteiger partial charge is 0.433 e. The van der Waals surface area contributed by atoms with Crippen molar-refractivity contribution >= 4 is 5.97 Å². The maximum atomic E-state index is 12.5. The number of pyridine rings is 1. The molecule has 0 unspecified atom stereocenters. The molecule has 100 valence electrons. The number of hydrogen-bond acceptors (Lipinski definition) is 3. The molecule has 0 spiro atoms. The molecule has 0 fully saturated rings. The molecule has 0 bridgehead atoms. The zero-order valence-corrected chi connectivity index (χ0v) is 9.64. The fraction of sp³-hybridized carbons (Fsp3) is 0.182. The van der Waals surface area contributed by atoms with E-state index in [1.807, 2.05) is 0 Å². The first-order valence-corrected chi connectivity index (χ1v) is 5.10.